The summed E-state index contributed by atoms with van der Waals surface area (Å²) in [6.45, 7) is 1.59. The summed E-state index contributed by atoms with van der Waals surface area (Å²) < 4.78 is 39.3. The van der Waals surface area contributed by atoms with Crippen LogP contribution < -0.4 is 5.73 Å². The number of hydrogen-bond donors (Lipinski definition) is 2. The Kier molecular flexibility index (Phi) is 4.23. The van der Waals surface area contributed by atoms with Crippen molar-refractivity contribution < 1.29 is 17.9 Å². The number of aryl methyl sites for hydroxylation is 1. The first-order valence-corrected chi connectivity index (χ1v) is 9.28. The van der Waals surface area contributed by atoms with Crippen LogP contribution in [0.15, 0.2) is 53.4 Å². The third kappa shape index (κ3) is 2.55. The number of benzene rings is 2. The Morgan fingerprint density at radius 1 is 1.12 bits per heavy atom. The zero-order valence-corrected chi connectivity index (χ0v) is 14.1. The second kappa shape index (κ2) is 5.95. The summed E-state index contributed by atoms with van der Waals surface area (Å²) in [5.41, 5.74) is 6.54. The molecule has 128 valence electrons. The van der Waals surface area contributed by atoms with Gasteiger partial charge >= 0.3 is 0 Å². The summed E-state index contributed by atoms with van der Waals surface area (Å²) in [7, 11) is -3.66. The largest absolute Gasteiger partial charge is 0.396 e. The summed E-state index contributed by atoms with van der Waals surface area (Å²) in [6.07, 6.45) is 0. The van der Waals surface area contributed by atoms with Crippen LogP contribution in [0, 0.1) is 18.2 Å². The van der Waals surface area contributed by atoms with E-state index >= 15 is 0 Å². The molecule has 1 saturated carbocycles. The molecule has 0 unspecified atom stereocenters. The molecule has 2 aromatic rings. The van der Waals surface area contributed by atoms with Gasteiger partial charge in [0.1, 0.15) is 5.82 Å². The smallest absolute Gasteiger partial charge is 0.182 e. The molecule has 0 aliphatic heterocycles. The van der Waals surface area contributed by atoms with Crippen LogP contribution >= 0.6 is 0 Å². The number of hydrogen-bond acceptors (Lipinski definition) is 4. The van der Waals surface area contributed by atoms with Gasteiger partial charge < -0.3 is 10.8 Å². The van der Waals surface area contributed by atoms with Gasteiger partial charge in [-0.1, -0.05) is 29.8 Å². The van der Waals surface area contributed by atoms with E-state index in [1.165, 1.54) is 12.1 Å². The molecule has 4 nitrogen and oxygen atoms in total. The van der Waals surface area contributed by atoms with Crippen molar-refractivity contribution in [2.45, 2.75) is 23.0 Å². The van der Waals surface area contributed by atoms with Gasteiger partial charge in [0.25, 0.3) is 0 Å². The predicted octanol–water partition coefficient (Wildman–Crippen LogP) is 2.01. The molecule has 6 heteroatoms. The molecule has 0 radical (unpaired) electrons. The maximum Gasteiger partial charge on any atom is 0.182 e. The second-order valence-electron chi connectivity index (χ2n) is 6.40. The van der Waals surface area contributed by atoms with E-state index in [0.717, 1.165) is 5.56 Å². The number of rotatable bonds is 5. The van der Waals surface area contributed by atoms with Gasteiger partial charge in [0.15, 0.2) is 9.84 Å². The van der Waals surface area contributed by atoms with Crippen molar-refractivity contribution in [3.8, 4) is 0 Å². The fourth-order valence-electron chi connectivity index (χ4n) is 3.49. The minimum Gasteiger partial charge on any atom is -0.396 e. The number of sulfone groups is 1. The lowest BCUT2D eigenvalue weighted by molar-refractivity contribution is 0.212. The summed E-state index contributed by atoms with van der Waals surface area (Å²) in [4.78, 5) is 0.217. The molecule has 0 aromatic heterocycles. The predicted molar refractivity (Wildman–Crippen MR) is 89.9 cm³/mol. The topological polar surface area (TPSA) is 80.4 Å². The van der Waals surface area contributed by atoms with Crippen LogP contribution in [-0.2, 0) is 9.84 Å². The van der Waals surface area contributed by atoms with E-state index in [1.807, 2.05) is 6.92 Å². The minimum atomic E-state index is -3.66. The average molecular weight is 349 g/mol. The first-order valence-electron chi connectivity index (χ1n) is 7.74. The Morgan fingerprint density at radius 2 is 1.71 bits per heavy atom. The maximum absolute atomic E-state index is 13.2. The summed E-state index contributed by atoms with van der Waals surface area (Å²) in [6, 6.07) is 12.3. The quantitative estimate of drug-likeness (QED) is 0.865. The van der Waals surface area contributed by atoms with E-state index in [2.05, 4.69) is 0 Å². The van der Waals surface area contributed by atoms with Crippen molar-refractivity contribution in [3.63, 3.8) is 0 Å². The summed E-state index contributed by atoms with van der Waals surface area (Å²) in [5.74, 6) is -0.834. The molecule has 3 rings (SSSR count). The molecule has 3 atom stereocenters. The van der Waals surface area contributed by atoms with Crippen molar-refractivity contribution in [3.05, 3.63) is 65.5 Å². The van der Waals surface area contributed by atoms with Crippen molar-refractivity contribution in [2.75, 3.05) is 13.2 Å². The summed E-state index contributed by atoms with van der Waals surface area (Å²) >= 11 is 0. The normalized spacial score (nSPS) is 26.3. The first-order chi connectivity index (χ1) is 11.4. The lowest BCUT2D eigenvalue weighted by atomic mass is 10.0. The fraction of sp³-hybridized carbons (Fsp3) is 0.333. The molecule has 3 N–H and O–H groups in total. The summed E-state index contributed by atoms with van der Waals surface area (Å²) in [5, 5.41) is 9.04. The molecular formula is C18H20FNO3S. The number of aliphatic hydroxyl groups is 1. The Bertz CT molecular complexity index is 828. The Balaban J connectivity index is 2.04. The van der Waals surface area contributed by atoms with Gasteiger partial charge in [-0.25, -0.2) is 12.8 Å². The number of halogens is 1. The van der Waals surface area contributed by atoms with Gasteiger partial charge in [-0.3, -0.25) is 0 Å². The van der Waals surface area contributed by atoms with Gasteiger partial charge in [0.2, 0.25) is 0 Å². The Hall–Kier alpha value is -1.76. The van der Waals surface area contributed by atoms with Crippen LogP contribution in [-0.4, -0.2) is 31.9 Å². The van der Waals surface area contributed by atoms with Crippen LogP contribution in [0.5, 0.6) is 0 Å². The van der Waals surface area contributed by atoms with Gasteiger partial charge in [-0.05, 0) is 36.8 Å². The lowest BCUT2D eigenvalue weighted by Crippen LogP contribution is -2.27. The molecule has 1 aliphatic carbocycles. The van der Waals surface area contributed by atoms with Gasteiger partial charge in [0, 0.05) is 17.9 Å². The number of aliphatic hydroxyl groups excluding tert-OH is 1. The Labute approximate surface area is 141 Å². The highest BCUT2D eigenvalue weighted by Crippen LogP contribution is 2.63. The van der Waals surface area contributed by atoms with Crippen LogP contribution in [0.1, 0.15) is 17.0 Å². The van der Waals surface area contributed by atoms with Crippen molar-refractivity contribution in [2.24, 2.45) is 11.1 Å². The van der Waals surface area contributed by atoms with E-state index < -0.39 is 26.4 Å². The molecule has 0 saturated heterocycles. The van der Waals surface area contributed by atoms with Gasteiger partial charge in [0.05, 0.1) is 16.8 Å². The van der Waals surface area contributed by atoms with Crippen molar-refractivity contribution in [1.29, 1.82) is 0 Å². The monoisotopic (exact) mass is 349 g/mol. The van der Waals surface area contributed by atoms with Crippen LogP contribution in [0.2, 0.25) is 0 Å². The van der Waals surface area contributed by atoms with Crippen LogP contribution in [0.3, 0.4) is 0 Å². The molecule has 0 spiro atoms. The SMILES string of the molecule is Cc1ccc(S(=O)(=O)[C@@H]2[C@H](c3ccc(F)cc3)[C@@]2(CN)CO)cc1. The highest BCUT2D eigenvalue weighted by Gasteiger charge is 2.70. The molecule has 0 amide bonds. The standard InChI is InChI=1S/C18H20FNO3S/c1-12-2-8-15(9-3-12)24(22,23)17-16(18(17,10-20)11-21)13-4-6-14(19)7-5-13/h2-9,16-17,21H,10-11,20H2,1H3/t16-,17+,18+/m0/s1. The van der Waals surface area contributed by atoms with E-state index in [1.54, 1.807) is 36.4 Å². The molecule has 0 heterocycles. The van der Waals surface area contributed by atoms with E-state index in [0.29, 0.717) is 5.56 Å². The molecule has 1 fully saturated rings. The third-order valence-corrected chi connectivity index (χ3v) is 7.31. The van der Waals surface area contributed by atoms with Gasteiger partial charge in [-0.15, -0.1) is 0 Å². The van der Waals surface area contributed by atoms with Crippen molar-refractivity contribution in [1.82, 2.24) is 0 Å². The molecule has 0 bridgehead atoms. The molecule has 1 aliphatic rings. The highest BCUT2D eigenvalue weighted by atomic mass is 32.2. The first kappa shape index (κ1) is 17.1. The zero-order valence-electron chi connectivity index (χ0n) is 13.3. The highest BCUT2D eigenvalue weighted by molar-refractivity contribution is 7.92. The maximum atomic E-state index is 13.2. The Morgan fingerprint density at radius 3 is 2.21 bits per heavy atom. The lowest BCUT2D eigenvalue weighted by Gasteiger charge is -2.12. The zero-order chi connectivity index (χ0) is 17.5. The fourth-order valence-corrected chi connectivity index (χ4v) is 5.94. The second-order valence-corrected chi connectivity index (χ2v) is 8.47. The third-order valence-electron chi connectivity index (χ3n) is 4.97. The van der Waals surface area contributed by atoms with E-state index in [4.69, 9.17) is 5.73 Å². The van der Waals surface area contributed by atoms with E-state index in [-0.39, 0.29) is 23.9 Å². The molecular weight excluding hydrogens is 329 g/mol. The molecule has 24 heavy (non-hydrogen) atoms. The van der Waals surface area contributed by atoms with Gasteiger partial charge in [-0.2, -0.15) is 0 Å². The minimum absolute atomic E-state index is 0.0430. The van der Waals surface area contributed by atoms with Crippen molar-refractivity contribution >= 4 is 9.84 Å². The average Bonchev–Trinajstić information content (AvgIpc) is 3.26. The number of nitrogens with two attached hydrogens (primary N) is 1. The van der Waals surface area contributed by atoms with Crippen LogP contribution in [0.4, 0.5) is 4.39 Å². The molecule has 2 aromatic carbocycles. The van der Waals surface area contributed by atoms with Crippen LogP contribution in [0.25, 0.3) is 0 Å². The van der Waals surface area contributed by atoms with E-state index in [9.17, 15) is 17.9 Å².